The van der Waals surface area contributed by atoms with Gasteiger partial charge in [0.25, 0.3) is 5.56 Å². The van der Waals surface area contributed by atoms with Crippen molar-refractivity contribution < 1.29 is 19.4 Å². The summed E-state index contributed by atoms with van der Waals surface area (Å²) in [5, 5.41) is 10.7. The lowest BCUT2D eigenvalue weighted by atomic mass is 10.2. The van der Waals surface area contributed by atoms with Gasteiger partial charge in [-0.05, 0) is 71.2 Å². The maximum absolute atomic E-state index is 12.6. The minimum Gasteiger partial charge on any atom is -0.494 e. The van der Waals surface area contributed by atoms with Crippen LogP contribution in [0.4, 0.5) is 4.79 Å². The zero-order valence-corrected chi connectivity index (χ0v) is 20.1. The summed E-state index contributed by atoms with van der Waals surface area (Å²) in [6.45, 7) is 0.0584. The molecule has 2 aromatic carbocycles. The number of rotatable bonds is 8. The number of primary amides is 1. The van der Waals surface area contributed by atoms with Crippen LogP contribution in [0.3, 0.4) is 0 Å². The second kappa shape index (κ2) is 11.7. The molecule has 1 heterocycles. The molecule has 0 aliphatic rings. The highest BCUT2D eigenvalue weighted by molar-refractivity contribution is 8.16. The summed E-state index contributed by atoms with van der Waals surface area (Å²) in [6.07, 6.45) is 1.31. The maximum Gasteiger partial charge on any atom is 0.372 e. The predicted molar refractivity (Wildman–Crippen MR) is 135 cm³/mol. The van der Waals surface area contributed by atoms with E-state index in [1.54, 1.807) is 24.3 Å². The first-order valence-corrected chi connectivity index (χ1v) is 11.6. The summed E-state index contributed by atoms with van der Waals surface area (Å²) in [6, 6.07) is 15.6. The molecule has 4 N–H and O–H groups in total. The molecule has 0 aliphatic carbocycles. The van der Waals surface area contributed by atoms with E-state index in [2.05, 4.69) is 4.98 Å². The number of halogens is 1. The number of aromatic hydroxyl groups is 1. The fourth-order valence-electron chi connectivity index (χ4n) is 2.91. The van der Waals surface area contributed by atoms with Crippen LogP contribution in [0.15, 0.2) is 64.3 Å². The molecule has 1 aromatic heterocycles. The summed E-state index contributed by atoms with van der Waals surface area (Å²) in [5.74, 6) is -1.02. The van der Waals surface area contributed by atoms with Crippen LogP contribution in [0.5, 0.6) is 5.88 Å². The van der Waals surface area contributed by atoms with Crippen LogP contribution < -0.4 is 11.3 Å². The Kier molecular flexibility index (Phi) is 8.69. The predicted octanol–water partition coefficient (Wildman–Crippen LogP) is 4.93. The van der Waals surface area contributed by atoms with Crippen LogP contribution in [0.2, 0.25) is 5.02 Å². The van der Waals surface area contributed by atoms with E-state index >= 15 is 0 Å². The number of aromatic nitrogens is 2. The largest absolute Gasteiger partial charge is 0.494 e. The van der Waals surface area contributed by atoms with Crippen LogP contribution in [0.25, 0.3) is 11.8 Å². The molecule has 0 radical (unpaired) electrons. The summed E-state index contributed by atoms with van der Waals surface area (Å²) >= 11 is 11.8. The van der Waals surface area contributed by atoms with Gasteiger partial charge in [-0.3, -0.25) is 19.1 Å². The minimum atomic E-state index is -0.664. The fourth-order valence-corrected chi connectivity index (χ4v) is 4.03. The number of amides is 1. The highest BCUT2D eigenvalue weighted by Crippen LogP contribution is 2.29. The quantitative estimate of drug-likeness (QED) is 0.285. The van der Waals surface area contributed by atoms with Crippen molar-refractivity contribution in [3.05, 3.63) is 90.8 Å². The van der Waals surface area contributed by atoms with Crippen molar-refractivity contribution in [2.24, 2.45) is 5.73 Å². The van der Waals surface area contributed by atoms with Crippen molar-refractivity contribution in [3.63, 3.8) is 0 Å². The monoisotopic (exact) mass is 517 g/mol. The van der Waals surface area contributed by atoms with Gasteiger partial charge < -0.3 is 15.6 Å². The number of aromatic amines is 1. The first-order valence-electron chi connectivity index (χ1n) is 9.96. The molecule has 0 fully saturated rings. The first kappa shape index (κ1) is 25.3. The Labute approximate surface area is 209 Å². The summed E-state index contributed by atoms with van der Waals surface area (Å²) in [4.78, 5) is 39.1. The zero-order valence-electron chi connectivity index (χ0n) is 17.7. The van der Waals surface area contributed by atoms with E-state index in [4.69, 9.17) is 34.3 Å². The molecule has 0 unspecified atom stereocenters. The van der Waals surface area contributed by atoms with E-state index in [1.807, 2.05) is 30.3 Å². The standard InChI is InChI=1S/C23H20ClN3O5S2/c24-15-6-8-16(9-7-15)27-21(30)18(20(29)26-22(27)33)12-17(10-11-19(25)28)34-23(31)32-13-14-4-2-1-3-5-14/h1-9,12,30H,10-11,13H2,(H2,25,28)(H,26,29,33). The Hall–Kier alpha value is -3.34. The number of benzene rings is 2. The van der Waals surface area contributed by atoms with Gasteiger partial charge in [0.2, 0.25) is 11.8 Å². The Balaban J connectivity index is 1.93. The van der Waals surface area contributed by atoms with Gasteiger partial charge in [-0.2, -0.15) is 0 Å². The van der Waals surface area contributed by atoms with Gasteiger partial charge in [0.05, 0.1) is 5.69 Å². The van der Waals surface area contributed by atoms with Crippen LogP contribution in [0, 0.1) is 4.77 Å². The van der Waals surface area contributed by atoms with E-state index < -0.39 is 22.6 Å². The Bertz CT molecular complexity index is 1340. The molecule has 1 amide bonds. The van der Waals surface area contributed by atoms with Gasteiger partial charge in [-0.1, -0.05) is 41.9 Å². The van der Waals surface area contributed by atoms with Crippen LogP contribution in [-0.4, -0.2) is 25.9 Å². The summed E-state index contributed by atoms with van der Waals surface area (Å²) in [7, 11) is 0. The number of nitrogens with zero attached hydrogens (tertiary/aromatic N) is 1. The molecular weight excluding hydrogens is 498 g/mol. The number of thioether (sulfide) groups is 1. The fraction of sp³-hybridized carbons (Fsp3) is 0.130. The first-order chi connectivity index (χ1) is 16.2. The third kappa shape index (κ3) is 6.83. The molecule has 0 spiro atoms. The average Bonchev–Trinajstić information content (AvgIpc) is 2.80. The number of hydrogen-bond donors (Lipinski definition) is 3. The summed E-state index contributed by atoms with van der Waals surface area (Å²) in [5.41, 5.74) is 5.71. The SMILES string of the molecule is NC(=O)CCC(=Cc1c(O)n(-c2ccc(Cl)cc2)c(=S)[nH]c1=O)SC(=O)OCc1ccccc1. The molecule has 0 bridgehead atoms. The lowest BCUT2D eigenvalue weighted by Gasteiger charge is -2.12. The molecule has 11 heteroatoms. The van der Waals surface area contributed by atoms with E-state index in [9.17, 15) is 19.5 Å². The van der Waals surface area contributed by atoms with Gasteiger partial charge in [0.1, 0.15) is 12.2 Å². The Morgan fingerprint density at radius 2 is 1.82 bits per heavy atom. The molecule has 3 rings (SSSR count). The zero-order chi connectivity index (χ0) is 24.7. The normalized spacial score (nSPS) is 11.3. The van der Waals surface area contributed by atoms with Crippen LogP contribution in [-0.2, 0) is 16.1 Å². The van der Waals surface area contributed by atoms with Crippen molar-refractivity contribution >= 4 is 52.9 Å². The second-order valence-corrected chi connectivity index (χ2v) is 8.90. The van der Waals surface area contributed by atoms with E-state index in [-0.39, 0.29) is 29.8 Å². The van der Waals surface area contributed by atoms with Crippen molar-refractivity contribution in [1.29, 1.82) is 0 Å². The van der Waals surface area contributed by atoms with Crippen LogP contribution >= 0.6 is 35.6 Å². The smallest absolute Gasteiger partial charge is 0.372 e. The average molecular weight is 518 g/mol. The highest BCUT2D eigenvalue weighted by Gasteiger charge is 2.16. The molecule has 3 aromatic rings. The number of carbonyl (C=O) groups is 2. The van der Waals surface area contributed by atoms with Gasteiger partial charge in [-0.25, -0.2) is 4.79 Å². The van der Waals surface area contributed by atoms with Gasteiger partial charge >= 0.3 is 5.30 Å². The van der Waals surface area contributed by atoms with Crippen molar-refractivity contribution in [3.8, 4) is 11.6 Å². The van der Waals surface area contributed by atoms with Crippen molar-refractivity contribution in [1.82, 2.24) is 9.55 Å². The highest BCUT2D eigenvalue weighted by atomic mass is 35.5. The summed E-state index contributed by atoms with van der Waals surface area (Å²) < 4.78 is 6.49. The van der Waals surface area contributed by atoms with Crippen LogP contribution in [0.1, 0.15) is 24.0 Å². The molecular formula is C23H20ClN3O5S2. The molecule has 34 heavy (non-hydrogen) atoms. The van der Waals surface area contributed by atoms with Crippen molar-refractivity contribution in [2.45, 2.75) is 19.4 Å². The number of nitrogens with two attached hydrogens (primary N) is 1. The van der Waals surface area contributed by atoms with Crippen molar-refractivity contribution in [2.75, 3.05) is 0 Å². The number of H-pyrrole nitrogens is 1. The van der Waals surface area contributed by atoms with Gasteiger partial charge in [0.15, 0.2) is 4.77 Å². The molecule has 0 atom stereocenters. The van der Waals surface area contributed by atoms with Gasteiger partial charge in [-0.15, -0.1) is 0 Å². The molecule has 176 valence electrons. The Morgan fingerprint density at radius 3 is 2.47 bits per heavy atom. The second-order valence-electron chi connectivity index (χ2n) is 7.01. The van der Waals surface area contributed by atoms with E-state index in [0.29, 0.717) is 27.4 Å². The topological polar surface area (TPSA) is 127 Å². The number of carbonyl (C=O) groups excluding carboxylic acids is 2. The van der Waals surface area contributed by atoms with Gasteiger partial charge in [0, 0.05) is 11.4 Å². The molecule has 0 aliphatic heterocycles. The lowest BCUT2D eigenvalue weighted by molar-refractivity contribution is -0.117. The van der Waals surface area contributed by atoms with E-state index in [1.165, 1.54) is 10.6 Å². The maximum atomic E-state index is 12.6. The number of nitrogens with one attached hydrogen (secondary N) is 1. The molecule has 8 nitrogen and oxygen atoms in total. The molecule has 0 saturated heterocycles. The lowest BCUT2D eigenvalue weighted by Crippen LogP contribution is -2.16. The minimum absolute atomic E-state index is 0.0319. The number of ether oxygens (including phenoxy) is 1. The number of allylic oxidation sites excluding steroid dienone is 1. The Morgan fingerprint density at radius 1 is 1.15 bits per heavy atom. The third-order valence-corrected chi connectivity index (χ3v) is 5.95. The van der Waals surface area contributed by atoms with E-state index in [0.717, 1.165) is 5.56 Å². The number of hydrogen-bond acceptors (Lipinski definition) is 7. The molecule has 0 saturated carbocycles. The third-order valence-electron chi connectivity index (χ3n) is 4.54.